The van der Waals surface area contributed by atoms with E-state index in [2.05, 4.69) is 0 Å². The number of anilines is 2. The van der Waals surface area contributed by atoms with Gasteiger partial charge in [0.2, 0.25) is 15.9 Å². The van der Waals surface area contributed by atoms with E-state index in [1.807, 2.05) is 12.1 Å². The van der Waals surface area contributed by atoms with Gasteiger partial charge in [-0.05, 0) is 36.2 Å². The number of ether oxygens (including phenoxy) is 1. The molecule has 0 spiro atoms. The van der Waals surface area contributed by atoms with Crippen molar-refractivity contribution < 1.29 is 26.4 Å². The lowest BCUT2D eigenvalue weighted by molar-refractivity contribution is -0.119. The molecule has 0 N–H and O–H groups in total. The summed E-state index contributed by atoms with van der Waals surface area (Å²) in [5, 5.41) is 0. The Morgan fingerprint density at radius 1 is 1.14 bits per heavy atom. The first-order chi connectivity index (χ1) is 13.7. The van der Waals surface area contributed by atoms with E-state index in [0.29, 0.717) is 16.4 Å². The quantitative estimate of drug-likeness (QED) is 0.724. The van der Waals surface area contributed by atoms with Gasteiger partial charge in [-0.15, -0.1) is 0 Å². The molecule has 29 heavy (non-hydrogen) atoms. The molecule has 1 fully saturated rings. The minimum Gasteiger partial charge on any atom is -0.495 e. The Labute approximate surface area is 169 Å². The van der Waals surface area contributed by atoms with Crippen LogP contribution < -0.4 is 13.3 Å². The van der Waals surface area contributed by atoms with Gasteiger partial charge in [-0.3, -0.25) is 9.10 Å². The summed E-state index contributed by atoms with van der Waals surface area (Å²) >= 11 is 0. The van der Waals surface area contributed by atoms with Gasteiger partial charge in [0, 0.05) is 6.54 Å². The Morgan fingerprint density at radius 3 is 2.52 bits per heavy atom. The number of amides is 1. The third kappa shape index (κ3) is 3.06. The maximum atomic E-state index is 13.4. The van der Waals surface area contributed by atoms with Crippen molar-refractivity contribution >= 4 is 37.3 Å². The summed E-state index contributed by atoms with van der Waals surface area (Å²) < 4.78 is 59.0. The highest BCUT2D eigenvalue weighted by Gasteiger charge is 2.43. The van der Waals surface area contributed by atoms with E-state index in [1.54, 1.807) is 12.1 Å². The molecule has 0 bridgehead atoms. The molecule has 1 saturated heterocycles. The Balaban J connectivity index is 1.84. The van der Waals surface area contributed by atoms with Crippen molar-refractivity contribution in [2.75, 3.05) is 28.0 Å². The third-order valence-electron chi connectivity index (χ3n) is 5.15. The Hall–Kier alpha value is -2.59. The van der Waals surface area contributed by atoms with Crippen molar-refractivity contribution in [3.63, 3.8) is 0 Å². The van der Waals surface area contributed by atoms with Gasteiger partial charge in [-0.2, -0.15) is 0 Å². The maximum absolute atomic E-state index is 13.4. The number of methoxy groups -OCH3 is 1. The van der Waals surface area contributed by atoms with Crippen LogP contribution in [0.25, 0.3) is 0 Å². The molecule has 0 aromatic heterocycles. The number of fused-ring (bicyclic) bond motifs is 1. The molecule has 0 radical (unpaired) electrons. The van der Waals surface area contributed by atoms with Crippen molar-refractivity contribution in [3.05, 3.63) is 48.0 Å². The fourth-order valence-electron chi connectivity index (χ4n) is 3.76. The number of carbonyl (C=O) groups is 1. The maximum Gasteiger partial charge on any atom is 0.268 e. The topological polar surface area (TPSA) is 101 Å². The second-order valence-corrected chi connectivity index (χ2v) is 10.8. The zero-order valence-corrected chi connectivity index (χ0v) is 17.5. The van der Waals surface area contributed by atoms with Gasteiger partial charge in [-0.25, -0.2) is 21.1 Å². The number of rotatable bonds is 4. The molecule has 8 nitrogen and oxygen atoms in total. The highest BCUT2D eigenvalue weighted by Crippen LogP contribution is 2.38. The Bertz CT molecular complexity index is 1210. The van der Waals surface area contributed by atoms with Crippen LogP contribution >= 0.6 is 0 Å². The first kappa shape index (κ1) is 19.7. The molecule has 154 valence electrons. The zero-order chi connectivity index (χ0) is 21.0. The fraction of sp³-hybridized carbons (Fsp3) is 0.316. The zero-order valence-electron chi connectivity index (χ0n) is 15.9. The largest absolute Gasteiger partial charge is 0.495 e. The van der Waals surface area contributed by atoms with Crippen molar-refractivity contribution in [1.29, 1.82) is 0 Å². The van der Waals surface area contributed by atoms with Crippen LogP contribution in [0.15, 0.2) is 47.4 Å². The average Bonchev–Trinajstić information content (AvgIpc) is 3.20. The molecule has 2 aromatic carbocycles. The van der Waals surface area contributed by atoms with Gasteiger partial charge in [0.25, 0.3) is 10.0 Å². The molecular formula is C19H20N2O6S2. The van der Waals surface area contributed by atoms with Crippen molar-refractivity contribution in [2.24, 2.45) is 5.92 Å². The first-order valence-corrected chi connectivity index (χ1v) is 12.1. The lowest BCUT2D eigenvalue weighted by Gasteiger charge is -2.23. The summed E-state index contributed by atoms with van der Waals surface area (Å²) in [5.74, 6) is -1.49. The van der Waals surface area contributed by atoms with E-state index >= 15 is 0 Å². The van der Waals surface area contributed by atoms with Crippen molar-refractivity contribution in [3.8, 4) is 5.75 Å². The summed E-state index contributed by atoms with van der Waals surface area (Å²) in [4.78, 5) is 12.2. The van der Waals surface area contributed by atoms with Crippen LogP contribution in [0.1, 0.15) is 12.5 Å². The highest BCUT2D eigenvalue weighted by molar-refractivity contribution is 7.94. The van der Waals surface area contributed by atoms with Crippen LogP contribution in [0, 0.1) is 5.92 Å². The summed E-state index contributed by atoms with van der Waals surface area (Å²) in [6.45, 7) is 1.80. The van der Waals surface area contributed by atoms with Gasteiger partial charge >= 0.3 is 0 Å². The number of sulfonamides is 2. The number of hydrogen-bond donors (Lipinski definition) is 0. The van der Waals surface area contributed by atoms with E-state index < -0.39 is 31.9 Å². The molecule has 0 saturated carbocycles. The fourth-order valence-corrected chi connectivity index (χ4v) is 7.25. The number of benzene rings is 2. The SMILES string of the molecule is COc1ccc(N2C(=O)[C@H](C)CS2(=O)=O)cc1S(=O)(=O)N1CCc2ccccc21. The van der Waals surface area contributed by atoms with Crippen LogP contribution in [-0.4, -0.2) is 42.2 Å². The molecule has 10 heteroatoms. The summed E-state index contributed by atoms with van der Waals surface area (Å²) in [6, 6.07) is 11.2. The van der Waals surface area contributed by atoms with Crippen LogP contribution in [0.4, 0.5) is 11.4 Å². The minimum absolute atomic E-state index is 0.00814. The molecule has 2 aliphatic heterocycles. The van der Waals surface area contributed by atoms with Gasteiger partial charge in [0.05, 0.1) is 30.2 Å². The normalized spacial score (nSPS) is 20.8. The molecule has 4 rings (SSSR count). The molecule has 2 heterocycles. The molecule has 0 aliphatic carbocycles. The Morgan fingerprint density at radius 2 is 1.86 bits per heavy atom. The van der Waals surface area contributed by atoms with Crippen LogP contribution in [0.5, 0.6) is 5.75 Å². The van der Waals surface area contributed by atoms with Gasteiger partial charge in [-0.1, -0.05) is 25.1 Å². The second kappa shape index (κ2) is 6.74. The third-order valence-corrected chi connectivity index (χ3v) is 8.86. The predicted molar refractivity (Wildman–Crippen MR) is 108 cm³/mol. The number of para-hydroxylation sites is 1. The molecule has 2 aromatic rings. The van der Waals surface area contributed by atoms with Crippen LogP contribution in [0.3, 0.4) is 0 Å². The van der Waals surface area contributed by atoms with E-state index in [0.717, 1.165) is 5.56 Å². The van der Waals surface area contributed by atoms with Crippen molar-refractivity contribution in [1.82, 2.24) is 0 Å². The molecule has 0 unspecified atom stereocenters. The van der Waals surface area contributed by atoms with E-state index in [9.17, 15) is 21.6 Å². The number of carbonyl (C=O) groups excluding carboxylic acids is 1. The van der Waals surface area contributed by atoms with E-state index in [1.165, 1.54) is 36.5 Å². The average molecular weight is 437 g/mol. The molecule has 1 atom stereocenters. The molecule has 2 aliphatic rings. The molecular weight excluding hydrogens is 416 g/mol. The van der Waals surface area contributed by atoms with E-state index in [-0.39, 0.29) is 28.6 Å². The smallest absolute Gasteiger partial charge is 0.268 e. The monoisotopic (exact) mass is 436 g/mol. The summed E-state index contributed by atoms with van der Waals surface area (Å²) in [6.07, 6.45) is 0.577. The lowest BCUT2D eigenvalue weighted by Crippen LogP contribution is -2.32. The lowest BCUT2D eigenvalue weighted by atomic mass is 10.2. The summed E-state index contributed by atoms with van der Waals surface area (Å²) in [5.41, 5.74) is 1.49. The van der Waals surface area contributed by atoms with Crippen molar-refractivity contribution in [2.45, 2.75) is 18.2 Å². The standard InChI is InChI=1S/C19H20N2O6S2/c1-13-12-28(23,24)21(19(13)22)15-7-8-17(27-2)18(11-15)29(25,26)20-10-9-14-5-3-4-6-16(14)20/h3-8,11,13H,9-10,12H2,1-2H3/t13-/m1/s1. The number of nitrogens with zero attached hydrogens (tertiary/aromatic N) is 2. The van der Waals surface area contributed by atoms with Gasteiger partial charge < -0.3 is 4.74 Å². The second-order valence-electron chi connectivity index (χ2n) is 7.07. The van der Waals surface area contributed by atoms with Gasteiger partial charge in [0.1, 0.15) is 10.6 Å². The molecule has 1 amide bonds. The van der Waals surface area contributed by atoms with Crippen LogP contribution in [-0.2, 0) is 31.3 Å². The summed E-state index contributed by atoms with van der Waals surface area (Å²) in [7, 11) is -6.55. The van der Waals surface area contributed by atoms with E-state index in [4.69, 9.17) is 4.74 Å². The Kier molecular flexibility index (Phi) is 4.58. The van der Waals surface area contributed by atoms with Gasteiger partial charge in [0.15, 0.2) is 0 Å². The first-order valence-electron chi connectivity index (χ1n) is 9.02. The minimum atomic E-state index is -4.04. The van der Waals surface area contributed by atoms with Crippen LogP contribution in [0.2, 0.25) is 0 Å². The predicted octanol–water partition coefficient (Wildman–Crippen LogP) is 1.76. The number of hydrogen-bond acceptors (Lipinski definition) is 6. The highest BCUT2D eigenvalue weighted by atomic mass is 32.2.